The van der Waals surface area contributed by atoms with Gasteiger partial charge in [-0.2, -0.15) is 0 Å². The first-order valence-corrected chi connectivity index (χ1v) is 8.05. The van der Waals surface area contributed by atoms with Gasteiger partial charge in [-0.3, -0.25) is 4.79 Å². The molecule has 4 nitrogen and oxygen atoms in total. The van der Waals surface area contributed by atoms with Crippen LogP contribution in [0.15, 0.2) is 47.1 Å². The number of methoxy groups -OCH3 is 1. The van der Waals surface area contributed by atoms with E-state index < -0.39 is 0 Å². The number of ether oxygens (including phenoxy) is 1. The summed E-state index contributed by atoms with van der Waals surface area (Å²) in [5, 5.41) is 0. The van der Waals surface area contributed by atoms with E-state index in [2.05, 4.69) is 15.9 Å². The Morgan fingerprint density at radius 1 is 1.32 bits per heavy atom. The first-order chi connectivity index (χ1) is 10.6. The molecule has 1 aromatic carbocycles. The molecule has 0 fully saturated rings. The maximum atomic E-state index is 12.8. The van der Waals surface area contributed by atoms with Crippen LogP contribution in [0.5, 0.6) is 0 Å². The van der Waals surface area contributed by atoms with E-state index in [1.807, 2.05) is 59.1 Å². The minimum Gasteiger partial charge on any atom is -0.385 e. The number of carbonyl (C=O) groups excluding carboxylic acids is 1. The summed E-state index contributed by atoms with van der Waals surface area (Å²) in [5.74, 6) is 0.0404. The normalized spacial score (nSPS) is 10.7. The van der Waals surface area contributed by atoms with E-state index in [1.165, 1.54) is 0 Å². The standard InChI is InChI=1S/C17H21BrN2O2/c1-19-9-4-8-16(19)13-20(10-5-11-22-2)17(21)14-6-3-7-15(18)12-14/h3-4,6-9,12H,5,10-11,13H2,1-2H3. The highest BCUT2D eigenvalue weighted by atomic mass is 79.9. The average molecular weight is 365 g/mol. The highest BCUT2D eigenvalue weighted by Gasteiger charge is 2.17. The quantitative estimate of drug-likeness (QED) is 0.705. The van der Waals surface area contributed by atoms with Crippen LogP contribution in [0.4, 0.5) is 0 Å². The smallest absolute Gasteiger partial charge is 0.254 e. The first-order valence-electron chi connectivity index (χ1n) is 7.26. The molecule has 2 aromatic rings. The summed E-state index contributed by atoms with van der Waals surface area (Å²) in [4.78, 5) is 14.7. The Labute approximate surface area is 139 Å². The van der Waals surface area contributed by atoms with Gasteiger partial charge in [-0.05, 0) is 36.8 Å². The molecule has 22 heavy (non-hydrogen) atoms. The minimum atomic E-state index is 0.0404. The molecule has 0 aliphatic heterocycles. The van der Waals surface area contributed by atoms with Gasteiger partial charge in [0.1, 0.15) is 0 Å². The predicted octanol–water partition coefficient (Wildman–Crippen LogP) is 3.47. The van der Waals surface area contributed by atoms with E-state index in [4.69, 9.17) is 4.74 Å². The Kier molecular flexibility index (Phi) is 6.21. The Morgan fingerprint density at radius 3 is 2.77 bits per heavy atom. The molecule has 0 bridgehead atoms. The van der Waals surface area contributed by atoms with Gasteiger partial charge in [-0.15, -0.1) is 0 Å². The molecule has 5 heteroatoms. The number of aromatic nitrogens is 1. The van der Waals surface area contributed by atoms with E-state index in [0.717, 1.165) is 16.6 Å². The van der Waals surface area contributed by atoms with Crippen LogP contribution < -0.4 is 0 Å². The molecule has 0 saturated heterocycles. The zero-order valence-corrected chi connectivity index (χ0v) is 14.5. The van der Waals surface area contributed by atoms with Crippen molar-refractivity contribution >= 4 is 21.8 Å². The fraction of sp³-hybridized carbons (Fsp3) is 0.353. The van der Waals surface area contributed by atoms with E-state index in [1.54, 1.807) is 7.11 Å². The number of aryl methyl sites for hydroxylation is 1. The van der Waals surface area contributed by atoms with Crippen molar-refractivity contribution in [2.24, 2.45) is 7.05 Å². The number of hydrogen-bond donors (Lipinski definition) is 0. The van der Waals surface area contributed by atoms with Gasteiger partial charge in [0.15, 0.2) is 0 Å². The lowest BCUT2D eigenvalue weighted by atomic mass is 10.2. The van der Waals surface area contributed by atoms with Gasteiger partial charge in [-0.1, -0.05) is 22.0 Å². The topological polar surface area (TPSA) is 34.5 Å². The number of rotatable bonds is 7. The Morgan fingerprint density at radius 2 is 2.14 bits per heavy atom. The zero-order chi connectivity index (χ0) is 15.9. The van der Waals surface area contributed by atoms with Gasteiger partial charge in [0.25, 0.3) is 5.91 Å². The van der Waals surface area contributed by atoms with Gasteiger partial charge in [-0.25, -0.2) is 0 Å². The molecule has 0 unspecified atom stereocenters. The van der Waals surface area contributed by atoms with Crippen molar-refractivity contribution in [3.8, 4) is 0 Å². The second-order valence-corrected chi connectivity index (χ2v) is 6.11. The molecule has 1 amide bonds. The molecule has 0 aliphatic rings. The number of nitrogens with zero attached hydrogens (tertiary/aromatic N) is 2. The van der Waals surface area contributed by atoms with Gasteiger partial charge < -0.3 is 14.2 Å². The fourth-order valence-electron chi connectivity index (χ4n) is 2.31. The molecule has 0 aliphatic carbocycles. The minimum absolute atomic E-state index is 0.0404. The summed E-state index contributed by atoms with van der Waals surface area (Å²) in [5.41, 5.74) is 1.81. The molecule has 118 valence electrons. The zero-order valence-electron chi connectivity index (χ0n) is 13.0. The van der Waals surface area contributed by atoms with Gasteiger partial charge in [0.05, 0.1) is 6.54 Å². The number of carbonyl (C=O) groups is 1. The van der Waals surface area contributed by atoms with Crippen molar-refractivity contribution in [1.82, 2.24) is 9.47 Å². The highest BCUT2D eigenvalue weighted by Crippen LogP contribution is 2.15. The Hall–Kier alpha value is -1.59. The summed E-state index contributed by atoms with van der Waals surface area (Å²) in [6, 6.07) is 11.5. The van der Waals surface area contributed by atoms with E-state index in [0.29, 0.717) is 25.3 Å². The first kappa shape index (κ1) is 16.8. The van der Waals surface area contributed by atoms with Gasteiger partial charge in [0, 0.05) is 49.2 Å². The third-order valence-electron chi connectivity index (χ3n) is 3.54. The van der Waals surface area contributed by atoms with Crippen LogP contribution in [0, 0.1) is 0 Å². The number of halogens is 1. The third-order valence-corrected chi connectivity index (χ3v) is 4.03. The second-order valence-electron chi connectivity index (χ2n) is 5.19. The van der Waals surface area contributed by atoms with Crippen molar-refractivity contribution in [2.75, 3.05) is 20.3 Å². The molecule has 1 aromatic heterocycles. The highest BCUT2D eigenvalue weighted by molar-refractivity contribution is 9.10. The lowest BCUT2D eigenvalue weighted by Crippen LogP contribution is -2.32. The summed E-state index contributed by atoms with van der Waals surface area (Å²) in [6.45, 7) is 1.92. The lowest BCUT2D eigenvalue weighted by Gasteiger charge is -2.23. The van der Waals surface area contributed by atoms with Crippen LogP contribution in [0.2, 0.25) is 0 Å². The summed E-state index contributed by atoms with van der Waals surface area (Å²) in [6.07, 6.45) is 2.81. The van der Waals surface area contributed by atoms with E-state index >= 15 is 0 Å². The third kappa shape index (κ3) is 4.45. The summed E-state index contributed by atoms with van der Waals surface area (Å²) >= 11 is 3.42. The van der Waals surface area contributed by atoms with Gasteiger partial charge in [0.2, 0.25) is 0 Å². The molecule has 0 saturated carbocycles. The van der Waals surface area contributed by atoms with Crippen LogP contribution >= 0.6 is 15.9 Å². The van der Waals surface area contributed by atoms with Crippen molar-refractivity contribution in [3.05, 3.63) is 58.3 Å². The summed E-state index contributed by atoms with van der Waals surface area (Å²) in [7, 11) is 3.67. The molecule has 1 heterocycles. The molecule has 2 rings (SSSR count). The number of hydrogen-bond acceptors (Lipinski definition) is 2. The lowest BCUT2D eigenvalue weighted by molar-refractivity contribution is 0.0720. The molecule has 0 atom stereocenters. The molecular weight excluding hydrogens is 344 g/mol. The second kappa shape index (κ2) is 8.15. The van der Waals surface area contributed by atoms with E-state index in [-0.39, 0.29) is 5.91 Å². The van der Waals surface area contributed by atoms with Gasteiger partial charge >= 0.3 is 0 Å². The van der Waals surface area contributed by atoms with Crippen LogP contribution in [0.1, 0.15) is 22.5 Å². The van der Waals surface area contributed by atoms with Crippen LogP contribution in [0.25, 0.3) is 0 Å². The van der Waals surface area contributed by atoms with Crippen molar-refractivity contribution < 1.29 is 9.53 Å². The maximum absolute atomic E-state index is 12.8. The largest absolute Gasteiger partial charge is 0.385 e. The molecule has 0 N–H and O–H groups in total. The fourth-order valence-corrected chi connectivity index (χ4v) is 2.71. The average Bonchev–Trinajstić information content (AvgIpc) is 2.91. The van der Waals surface area contributed by atoms with E-state index in [9.17, 15) is 4.79 Å². The SMILES string of the molecule is COCCCN(Cc1cccn1C)C(=O)c1cccc(Br)c1. The van der Waals surface area contributed by atoms with Crippen molar-refractivity contribution in [1.29, 1.82) is 0 Å². The maximum Gasteiger partial charge on any atom is 0.254 e. The van der Waals surface area contributed by atoms with Crippen LogP contribution in [-0.2, 0) is 18.3 Å². The monoisotopic (exact) mass is 364 g/mol. The Balaban J connectivity index is 2.15. The molecular formula is C17H21BrN2O2. The van der Waals surface area contributed by atoms with Crippen molar-refractivity contribution in [2.45, 2.75) is 13.0 Å². The molecule has 0 spiro atoms. The summed E-state index contributed by atoms with van der Waals surface area (Å²) < 4.78 is 8.06. The molecule has 0 radical (unpaired) electrons. The van der Waals surface area contributed by atoms with Crippen LogP contribution in [-0.4, -0.2) is 35.6 Å². The predicted molar refractivity (Wildman–Crippen MR) is 90.8 cm³/mol. The Bertz CT molecular complexity index is 625. The number of benzene rings is 1. The number of amides is 1. The van der Waals surface area contributed by atoms with Crippen LogP contribution in [0.3, 0.4) is 0 Å². The van der Waals surface area contributed by atoms with Crippen molar-refractivity contribution in [3.63, 3.8) is 0 Å².